The second-order valence-electron chi connectivity index (χ2n) is 5.55. The Morgan fingerprint density at radius 3 is 2.48 bits per heavy atom. The second kappa shape index (κ2) is 5.67. The molecular formula is C15H16INO4. The van der Waals surface area contributed by atoms with Crippen molar-refractivity contribution in [3.63, 3.8) is 0 Å². The van der Waals surface area contributed by atoms with Gasteiger partial charge in [-0.3, -0.25) is 4.57 Å². The lowest BCUT2D eigenvalue weighted by atomic mass is 10.1. The summed E-state index contributed by atoms with van der Waals surface area (Å²) in [5.41, 5.74) is 0.580. The van der Waals surface area contributed by atoms with Crippen molar-refractivity contribution in [3.05, 3.63) is 33.5 Å². The lowest BCUT2D eigenvalue weighted by Crippen LogP contribution is -2.26. The molecule has 21 heavy (non-hydrogen) atoms. The number of fused-ring (bicyclic) bond motifs is 1. The second-order valence-corrected chi connectivity index (χ2v) is 6.71. The number of hydrogen-bond donors (Lipinski definition) is 0. The number of benzene rings is 1. The van der Waals surface area contributed by atoms with E-state index in [0.717, 1.165) is 8.96 Å². The molecule has 0 radical (unpaired) electrons. The van der Waals surface area contributed by atoms with E-state index in [1.165, 1.54) is 11.7 Å². The molecule has 2 rings (SSSR count). The van der Waals surface area contributed by atoms with E-state index in [-0.39, 0.29) is 0 Å². The first-order chi connectivity index (χ1) is 9.73. The Morgan fingerprint density at radius 1 is 1.24 bits per heavy atom. The molecular weight excluding hydrogens is 385 g/mol. The average Bonchev–Trinajstić information content (AvgIpc) is 2.73. The van der Waals surface area contributed by atoms with Crippen LogP contribution >= 0.6 is 22.6 Å². The van der Waals surface area contributed by atoms with Gasteiger partial charge in [0, 0.05) is 15.2 Å². The monoisotopic (exact) mass is 401 g/mol. The van der Waals surface area contributed by atoms with Gasteiger partial charge in [0.25, 0.3) is 0 Å². The zero-order chi connectivity index (χ0) is 15.8. The smallest absolute Gasteiger partial charge is 0.419 e. The molecule has 112 valence electrons. The minimum absolute atomic E-state index is 0.405. The van der Waals surface area contributed by atoms with Crippen molar-refractivity contribution in [1.29, 1.82) is 0 Å². The summed E-state index contributed by atoms with van der Waals surface area (Å²) in [6.45, 7) is 5.45. The Kier molecular flexibility index (Phi) is 4.27. The summed E-state index contributed by atoms with van der Waals surface area (Å²) in [5, 5.41) is 0.810. The van der Waals surface area contributed by atoms with Crippen molar-refractivity contribution >= 4 is 45.6 Å². The molecule has 1 heterocycles. The van der Waals surface area contributed by atoms with Crippen LogP contribution in [0.5, 0.6) is 0 Å². The van der Waals surface area contributed by atoms with Crippen LogP contribution in [0.1, 0.15) is 31.1 Å². The molecule has 6 heteroatoms. The molecule has 0 saturated carbocycles. The molecule has 0 bridgehead atoms. The van der Waals surface area contributed by atoms with Gasteiger partial charge < -0.3 is 9.47 Å². The summed E-state index contributed by atoms with van der Waals surface area (Å²) >= 11 is 2.12. The maximum Gasteiger partial charge on any atom is 0.419 e. The van der Waals surface area contributed by atoms with Crippen molar-refractivity contribution in [2.24, 2.45) is 0 Å². The molecule has 0 aliphatic heterocycles. The van der Waals surface area contributed by atoms with Gasteiger partial charge in [-0.1, -0.05) is 0 Å². The van der Waals surface area contributed by atoms with Gasteiger partial charge in [0.1, 0.15) is 5.60 Å². The predicted molar refractivity (Wildman–Crippen MR) is 87.6 cm³/mol. The molecule has 1 aromatic heterocycles. The zero-order valence-corrected chi connectivity index (χ0v) is 14.4. The molecule has 0 aliphatic rings. The fraction of sp³-hybridized carbons (Fsp3) is 0.333. The molecule has 1 aromatic carbocycles. The van der Waals surface area contributed by atoms with Gasteiger partial charge in [-0.2, -0.15) is 0 Å². The normalized spacial score (nSPS) is 11.5. The van der Waals surface area contributed by atoms with Crippen LogP contribution < -0.4 is 0 Å². The topological polar surface area (TPSA) is 57.5 Å². The Hall–Kier alpha value is -1.57. The molecule has 0 atom stereocenters. The Morgan fingerprint density at radius 2 is 1.90 bits per heavy atom. The van der Waals surface area contributed by atoms with Crippen LogP contribution in [0.25, 0.3) is 10.9 Å². The van der Waals surface area contributed by atoms with Crippen LogP contribution in [0.15, 0.2) is 24.4 Å². The third kappa shape index (κ3) is 3.37. The summed E-state index contributed by atoms with van der Waals surface area (Å²) in [4.78, 5) is 23.8. The first-order valence-electron chi connectivity index (χ1n) is 6.35. The van der Waals surface area contributed by atoms with Gasteiger partial charge in [0.15, 0.2) is 0 Å². The van der Waals surface area contributed by atoms with Gasteiger partial charge in [-0.15, -0.1) is 0 Å². The summed E-state index contributed by atoms with van der Waals surface area (Å²) in [6, 6.07) is 5.06. The minimum Gasteiger partial charge on any atom is -0.465 e. The number of nitrogens with zero attached hydrogens (tertiary/aromatic N) is 1. The van der Waals surface area contributed by atoms with E-state index in [9.17, 15) is 9.59 Å². The number of rotatable bonds is 1. The van der Waals surface area contributed by atoms with E-state index < -0.39 is 17.7 Å². The maximum atomic E-state index is 12.2. The summed E-state index contributed by atoms with van der Waals surface area (Å²) in [6.07, 6.45) is 1.25. The molecule has 2 aromatic rings. The molecule has 0 amide bonds. The summed E-state index contributed by atoms with van der Waals surface area (Å²) < 4.78 is 12.4. The number of esters is 1. The third-order valence-electron chi connectivity index (χ3n) is 2.77. The van der Waals surface area contributed by atoms with E-state index in [1.54, 1.807) is 24.4 Å². The molecule has 0 fully saturated rings. The van der Waals surface area contributed by atoms with Gasteiger partial charge >= 0.3 is 12.1 Å². The van der Waals surface area contributed by atoms with Crippen LogP contribution in [-0.2, 0) is 9.47 Å². The molecule has 0 unspecified atom stereocenters. The van der Waals surface area contributed by atoms with E-state index in [4.69, 9.17) is 9.47 Å². The standard InChI is InChI=1S/C15H16INO4/c1-15(2,3)21-14(19)17-8-11(16)10-7-9(13(18)20-4)5-6-12(10)17/h5-8H,1-4H3. The minimum atomic E-state index is -0.564. The Bertz CT molecular complexity index is 712. The molecule has 0 aliphatic carbocycles. The number of hydrogen-bond acceptors (Lipinski definition) is 4. The van der Waals surface area contributed by atoms with Crippen LogP contribution in [-0.4, -0.2) is 29.3 Å². The highest BCUT2D eigenvalue weighted by atomic mass is 127. The first-order valence-corrected chi connectivity index (χ1v) is 7.43. The number of carbonyl (C=O) groups excluding carboxylic acids is 2. The Labute approximate surface area is 136 Å². The van der Waals surface area contributed by atoms with Crippen LogP contribution in [0.4, 0.5) is 4.79 Å². The average molecular weight is 401 g/mol. The fourth-order valence-corrected chi connectivity index (χ4v) is 2.61. The van der Waals surface area contributed by atoms with Gasteiger partial charge in [0.2, 0.25) is 0 Å². The van der Waals surface area contributed by atoms with E-state index in [1.807, 2.05) is 20.8 Å². The highest BCUT2D eigenvalue weighted by Crippen LogP contribution is 2.25. The van der Waals surface area contributed by atoms with Crippen LogP contribution in [0, 0.1) is 3.57 Å². The number of ether oxygens (including phenoxy) is 2. The van der Waals surface area contributed by atoms with Crippen LogP contribution in [0.2, 0.25) is 0 Å². The number of halogens is 1. The van der Waals surface area contributed by atoms with Crippen molar-refractivity contribution in [2.75, 3.05) is 7.11 Å². The van der Waals surface area contributed by atoms with Crippen molar-refractivity contribution in [1.82, 2.24) is 4.57 Å². The summed E-state index contributed by atoms with van der Waals surface area (Å²) in [5.74, 6) is -0.405. The third-order valence-corrected chi connectivity index (χ3v) is 3.63. The lowest BCUT2D eigenvalue weighted by Gasteiger charge is -2.19. The number of aromatic nitrogens is 1. The number of methoxy groups -OCH3 is 1. The van der Waals surface area contributed by atoms with Crippen molar-refractivity contribution in [3.8, 4) is 0 Å². The largest absolute Gasteiger partial charge is 0.465 e. The molecule has 0 saturated heterocycles. The highest BCUT2D eigenvalue weighted by molar-refractivity contribution is 14.1. The highest BCUT2D eigenvalue weighted by Gasteiger charge is 2.21. The number of carbonyl (C=O) groups is 2. The Balaban J connectivity index is 2.49. The predicted octanol–water partition coefficient (Wildman–Crippen LogP) is 3.82. The lowest BCUT2D eigenvalue weighted by molar-refractivity contribution is 0.0543. The first kappa shape index (κ1) is 15.8. The molecule has 5 nitrogen and oxygen atoms in total. The maximum absolute atomic E-state index is 12.2. The van der Waals surface area contributed by atoms with Crippen molar-refractivity contribution in [2.45, 2.75) is 26.4 Å². The van der Waals surface area contributed by atoms with E-state index >= 15 is 0 Å². The van der Waals surface area contributed by atoms with Gasteiger partial charge in [-0.05, 0) is 61.6 Å². The summed E-state index contributed by atoms with van der Waals surface area (Å²) in [7, 11) is 1.34. The zero-order valence-electron chi connectivity index (χ0n) is 12.3. The fourth-order valence-electron chi connectivity index (χ4n) is 1.90. The van der Waals surface area contributed by atoms with Gasteiger partial charge in [-0.25, -0.2) is 9.59 Å². The van der Waals surface area contributed by atoms with Crippen molar-refractivity contribution < 1.29 is 19.1 Å². The quantitative estimate of drug-likeness (QED) is 0.539. The molecule has 0 N–H and O–H groups in total. The SMILES string of the molecule is COC(=O)c1ccc2c(c1)c(I)cn2C(=O)OC(C)(C)C. The van der Waals surface area contributed by atoms with Crippen LogP contribution in [0.3, 0.4) is 0 Å². The van der Waals surface area contributed by atoms with E-state index in [0.29, 0.717) is 11.1 Å². The molecule has 0 spiro atoms. The van der Waals surface area contributed by atoms with Gasteiger partial charge in [0.05, 0.1) is 18.2 Å². The van der Waals surface area contributed by atoms with E-state index in [2.05, 4.69) is 22.6 Å².